The zero-order chi connectivity index (χ0) is 12.3. The number of carbonyl (C=O) groups excluding carboxylic acids is 1. The smallest absolute Gasteiger partial charge is 0.315 e. The third-order valence-corrected chi connectivity index (χ3v) is 1.89. The van der Waals surface area contributed by atoms with E-state index >= 15 is 0 Å². The Balaban J connectivity index is 2.81. The van der Waals surface area contributed by atoms with Gasteiger partial charge in [0.05, 0.1) is 0 Å². The van der Waals surface area contributed by atoms with Gasteiger partial charge in [0, 0.05) is 11.8 Å². The number of carbonyl (C=O) groups is 2. The molecule has 1 aromatic rings. The fraction of sp³-hybridized carbons (Fsp3) is 0.200. The van der Waals surface area contributed by atoms with Gasteiger partial charge in [0.25, 0.3) is 0 Å². The highest BCUT2D eigenvalue weighted by molar-refractivity contribution is 6.03. The van der Waals surface area contributed by atoms with Crippen LogP contribution >= 0.6 is 0 Å². The van der Waals surface area contributed by atoms with Gasteiger partial charge in [-0.1, -0.05) is 0 Å². The maximum Gasteiger partial charge on any atom is 0.315 e. The van der Waals surface area contributed by atoms with E-state index in [0.717, 1.165) is 12.1 Å². The summed E-state index contributed by atoms with van der Waals surface area (Å²) in [7, 11) is 0. The van der Waals surface area contributed by atoms with Gasteiger partial charge in [0.15, 0.2) is 0 Å². The molecule has 1 unspecified atom stereocenters. The SMILES string of the molecule is CC(C(=O)O)C(=O)Nc1cc(F)cc(F)c1. The minimum Gasteiger partial charge on any atom is -0.481 e. The Hall–Kier alpha value is -1.98. The molecule has 1 aromatic carbocycles. The summed E-state index contributed by atoms with van der Waals surface area (Å²) in [6.07, 6.45) is 0. The fourth-order valence-electron chi connectivity index (χ4n) is 0.989. The van der Waals surface area contributed by atoms with Gasteiger partial charge >= 0.3 is 5.97 Å². The molecule has 0 saturated carbocycles. The second-order valence-corrected chi connectivity index (χ2v) is 3.21. The van der Waals surface area contributed by atoms with Crippen LogP contribution in [0.3, 0.4) is 0 Å². The predicted molar refractivity (Wildman–Crippen MR) is 51.8 cm³/mol. The molecule has 0 aromatic heterocycles. The molecule has 6 heteroatoms. The van der Waals surface area contributed by atoms with Crippen LogP contribution in [0.15, 0.2) is 18.2 Å². The molecule has 1 atom stereocenters. The maximum absolute atomic E-state index is 12.7. The average Bonchev–Trinajstić information content (AvgIpc) is 2.14. The zero-order valence-corrected chi connectivity index (χ0v) is 8.33. The molecule has 86 valence electrons. The number of amides is 1. The number of carboxylic acids is 1. The Bertz CT molecular complexity index is 414. The lowest BCUT2D eigenvalue weighted by molar-refractivity contribution is -0.144. The minimum absolute atomic E-state index is 0.115. The summed E-state index contributed by atoms with van der Waals surface area (Å²) in [5, 5.41) is 10.6. The molecule has 0 spiro atoms. The van der Waals surface area contributed by atoms with Crippen molar-refractivity contribution in [1.29, 1.82) is 0 Å². The van der Waals surface area contributed by atoms with Crippen molar-refractivity contribution in [2.75, 3.05) is 5.32 Å². The Morgan fingerprint density at radius 3 is 2.19 bits per heavy atom. The van der Waals surface area contributed by atoms with Crippen LogP contribution in [0.25, 0.3) is 0 Å². The summed E-state index contributed by atoms with van der Waals surface area (Å²) >= 11 is 0. The highest BCUT2D eigenvalue weighted by Gasteiger charge is 2.20. The van der Waals surface area contributed by atoms with Gasteiger partial charge in [-0.05, 0) is 19.1 Å². The highest BCUT2D eigenvalue weighted by Crippen LogP contribution is 2.13. The molecule has 4 nitrogen and oxygen atoms in total. The van der Waals surface area contributed by atoms with Crippen LogP contribution < -0.4 is 5.32 Å². The molecule has 0 aliphatic heterocycles. The Morgan fingerprint density at radius 1 is 1.25 bits per heavy atom. The van der Waals surface area contributed by atoms with Crippen molar-refractivity contribution in [3.8, 4) is 0 Å². The maximum atomic E-state index is 12.7. The van der Waals surface area contributed by atoms with Crippen molar-refractivity contribution in [3.05, 3.63) is 29.8 Å². The first-order chi connectivity index (χ1) is 7.40. The third-order valence-electron chi connectivity index (χ3n) is 1.89. The van der Waals surface area contributed by atoms with E-state index in [-0.39, 0.29) is 5.69 Å². The van der Waals surface area contributed by atoms with Crippen molar-refractivity contribution >= 4 is 17.6 Å². The molecule has 2 N–H and O–H groups in total. The van der Waals surface area contributed by atoms with Crippen molar-refractivity contribution < 1.29 is 23.5 Å². The van der Waals surface area contributed by atoms with E-state index in [9.17, 15) is 18.4 Å². The van der Waals surface area contributed by atoms with Gasteiger partial charge in [0.1, 0.15) is 17.6 Å². The molecule has 0 radical (unpaired) electrons. The zero-order valence-electron chi connectivity index (χ0n) is 8.33. The second kappa shape index (κ2) is 4.69. The molecular formula is C10H9F2NO3. The lowest BCUT2D eigenvalue weighted by atomic mass is 10.1. The summed E-state index contributed by atoms with van der Waals surface area (Å²) in [6.45, 7) is 1.17. The lowest BCUT2D eigenvalue weighted by Gasteiger charge is -2.08. The van der Waals surface area contributed by atoms with E-state index in [4.69, 9.17) is 5.11 Å². The van der Waals surface area contributed by atoms with Gasteiger partial charge in [-0.3, -0.25) is 9.59 Å². The number of aliphatic carboxylic acids is 1. The number of nitrogens with one attached hydrogen (secondary N) is 1. The van der Waals surface area contributed by atoms with Crippen molar-refractivity contribution in [1.82, 2.24) is 0 Å². The molecular weight excluding hydrogens is 220 g/mol. The molecule has 0 aliphatic rings. The summed E-state index contributed by atoms with van der Waals surface area (Å²) in [4.78, 5) is 21.7. The van der Waals surface area contributed by atoms with E-state index in [1.807, 2.05) is 0 Å². The van der Waals surface area contributed by atoms with Crippen molar-refractivity contribution in [2.45, 2.75) is 6.92 Å². The summed E-state index contributed by atoms with van der Waals surface area (Å²) in [5.74, 6) is -5.13. The van der Waals surface area contributed by atoms with Crippen LogP contribution in [0.1, 0.15) is 6.92 Å². The van der Waals surface area contributed by atoms with E-state index < -0.39 is 29.4 Å². The quantitative estimate of drug-likeness (QED) is 0.774. The predicted octanol–water partition coefficient (Wildman–Crippen LogP) is 1.62. The van der Waals surface area contributed by atoms with Crippen LogP contribution in [0.4, 0.5) is 14.5 Å². The third kappa shape index (κ3) is 3.01. The van der Waals surface area contributed by atoms with E-state index in [1.165, 1.54) is 6.92 Å². The Morgan fingerprint density at radius 2 is 1.75 bits per heavy atom. The second-order valence-electron chi connectivity index (χ2n) is 3.21. The van der Waals surface area contributed by atoms with Crippen LogP contribution in [0, 0.1) is 17.6 Å². The Labute approximate surface area is 89.9 Å². The molecule has 0 fully saturated rings. The van der Waals surface area contributed by atoms with Gasteiger partial charge in [0.2, 0.25) is 5.91 Å². The Kier molecular flexibility index (Phi) is 3.55. The molecule has 0 bridgehead atoms. The number of hydrogen-bond donors (Lipinski definition) is 2. The standard InChI is InChI=1S/C10H9F2NO3/c1-5(10(15)16)9(14)13-8-3-6(11)2-7(12)4-8/h2-5H,1H3,(H,13,14)(H,15,16). The molecule has 16 heavy (non-hydrogen) atoms. The summed E-state index contributed by atoms with van der Waals surface area (Å²) in [5.41, 5.74) is -0.115. The van der Waals surface area contributed by atoms with Crippen molar-refractivity contribution in [2.24, 2.45) is 5.92 Å². The lowest BCUT2D eigenvalue weighted by Crippen LogP contribution is -2.26. The van der Waals surface area contributed by atoms with Crippen LogP contribution in [0.2, 0.25) is 0 Å². The van der Waals surface area contributed by atoms with Gasteiger partial charge < -0.3 is 10.4 Å². The average molecular weight is 229 g/mol. The van der Waals surface area contributed by atoms with E-state index in [0.29, 0.717) is 6.07 Å². The molecule has 0 saturated heterocycles. The largest absolute Gasteiger partial charge is 0.481 e. The normalized spacial score (nSPS) is 11.9. The minimum atomic E-state index is -1.31. The van der Waals surface area contributed by atoms with Crippen LogP contribution in [-0.2, 0) is 9.59 Å². The van der Waals surface area contributed by atoms with Crippen LogP contribution in [0.5, 0.6) is 0 Å². The number of carboxylic acid groups (broad SMARTS) is 1. The molecule has 0 aliphatic carbocycles. The van der Waals surface area contributed by atoms with Crippen molar-refractivity contribution in [3.63, 3.8) is 0 Å². The first-order valence-electron chi connectivity index (χ1n) is 4.40. The number of hydrogen-bond acceptors (Lipinski definition) is 2. The van der Waals surface area contributed by atoms with Crippen LogP contribution in [-0.4, -0.2) is 17.0 Å². The first kappa shape index (κ1) is 12.1. The first-order valence-corrected chi connectivity index (χ1v) is 4.40. The topological polar surface area (TPSA) is 66.4 Å². The molecule has 0 heterocycles. The number of anilines is 1. The molecule has 1 amide bonds. The summed E-state index contributed by atoms with van der Waals surface area (Å²) in [6, 6.07) is 2.45. The number of rotatable bonds is 3. The van der Waals surface area contributed by atoms with E-state index in [1.54, 1.807) is 0 Å². The number of benzene rings is 1. The summed E-state index contributed by atoms with van der Waals surface area (Å²) < 4.78 is 25.5. The molecule has 1 rings (SSSR count). The fourth-order valence-corrected chi connectivity index (χ4v) is 0.989. The van der Waals surface area contributed by atoms with Gasteiger partial charge in [-0.15, -0.1) is 0 Å². The number of halogens is 2. The monoisotopic (exact) mass is 229 g/mol. The van der Waals surface area contributed by atoms with Gasteiger partial charge in [-0.25, -0.2) is 8.78 Å². The van der Waals surface area contributed by atoms with E-state index in [2.05, 4.69) is 5.32 Å². The highest BCUT2D eigenvalue weighted by atomic mass is 19.1. The van der Waals surface area contributed by atoms with Gasteiger partial charge in [-0.2, -0.15) is 0 Å².